The molecule has 0 saturated heterocycles. The first-order chi connectivity index (χ1) is 7.40. The summed E-state index contributed by atoms with van der Waals surface area (Å²) in [5.41, 5.74) is 2.48. The number of hydrogen-bond donors (Lipinski definition) is 0. The van der Waals surface area contributed by atoms with Gasteiger partial charge in [0.05, 0.1) is 6.21 Å². The minimum atomic E-state index is 0.767. The monoisotopic (exact) mass is 203 g/mol. The van der Waals surface area contributed by atoms with Crippen molar-refractivity contribution in [2.45, 2.75) is 26.2 Å². The van der Waals surface area contributed by atoms with Gasteiger partial charge in [-0.25, -0.2) is 0 Å². The largest absolute Gasteiger partial charge is 0.396 e. The Morgan fingerprint density at radius 3 is 2.93 bits per heavy atom. The molecule has 0 radical (unpaired) electrons. The molecule has 1 fully saturated rings. The van der Waals surface area contributed by atoms with E-state index in [1.165, 1.54) is 18.4 Å². The van der Waals surface area contributed by atoms with Gasteiger partial charge in [0.1, 0.15) is 6.61 Å². The minimum Gasteiger partial charge on any atom is -0.396 e. The molecule has 0 aliphatic heterocycles. The Balaban J connectivity index is 1.89. The smallest absolute Gasteiger partial charge is 0.120 e. The van der Waals surface area contributed by atoms with E-state index < -0.39 is 0 Å². The number of hydrogen-bond acceptors (Lipinski definition) is 2. The predicted octanol–water partition coefficient (Wildman–Crippen LogP) is 3.01. The second-order valence-corrected chi connectivity index (χ2v) is 4.03. The lowest BCUT2D eigenvalue weighted by Crippen LogP contribution is -1.93. The summed E-state index contributed by atoms with van der Waals surface area (Å²) in [6.07, 6.45) is 5.47. The molecular weight excluding hydrogens is 186 g/mol. The normalized spacial score (nSPS) is 15.8. The van der Waals surface area contributed by atoms with Gasteiger partial charge in [0.2, 0.25) is 0 Å². The van der Waals surface area contributed by atoms with E-state index in [1.807, 2.05) is 12.3 Å². The van der Waals surface area contributed by atoms with Gasteiger partial charge in [-0.1, -0.05) is 36.3 Å². The highest BCUT2D eigenvalue weighted by atomic mass is 16.6. The third kappa shape index (κ3) is 3.08. The van der Waals surface area contributed by atoms with Crippen LogP contribution in [0.1, 0.15) is 30.9 Å². The predicted molar refractivity (Wildman–Crippen MR) is 62.1 cm³/mol. The van der Waals surface area contributed by atoms with Crippen molar-refractivity contribution in [3.05, 3.63) is 35.4 Å². The third-order valence-electron chi connectivity index (χ3n) is 2.71. The summed E-state index contributed by atoms with van der Waals surface area (Å²) in [6.45, 7) is 2.93. The van der Waals surface area contributed by atoms with E-state index in [0.29, 0.717) is 0 Å². The van der Waals surface area contributed by atoms with Crippen LogP contribution < -0.4 is 0 Å². The van der Waals surface area contributed by atoms with E-state index in [9.17, 15) is 0 Å². The molecule has 0 heterocycles. The van der Waals surface area contributed by atoms with E-state index >= 15 is 0 Å². The molecule has 2 rings (SSSR count). The Hall–Kier alpha value is -1.31. The maximum atomic E-state index is 5.23. The molecule has 2 nitrogen and oxygen atoms in total. The zero-order chi connectivity index (χ0) is 10.5. The fraction of sp³-hybridized carbons (Fsp3) is 0.462. The first-order valence-electron chi connectivity index (χ1n) is 5.63. The van der Waals surface area contributed by atoms with E-state index in [-0.39, 0.29) is 0 Å². The van der Waals surface area contributed by atoms with Gasteiger partial charge in [-0.2, -0.15) is 0 Å². The van der Waals surface area contributed by atoms with E-state index in [1.54, 1.807) is 0 Å². The van der Waals surface area contributed by atoms with Crippen molar-refractivity contribution < 1.29 is 4.84 Å². The summed E-state index contributed by atoms with van der Waals surface area (Å²) >= 11 is 0. The lowest BCUT2D eigenvalue weighted by molar-refractivity contribution is 0.135. The Bertz CT molecular complexity index is 342. The van der Waals surface area contributed by atoms with Gasteiger partial charge >= 0.3 is 0 Å². The highest BCUT2D eigenvalue weighted by Gasteiger charge is 2.21. The zero-order valence-corrected chi connectivity index (χ0v) is 9.15. The molecule has 80 valence electrons. The quantitative estimate of drug-likeness (QED) is 0.532. The Morgan fingerprint density at radius 2 is 2.20 bits per heavy atom. The first-order valence-corrected chi connectivity index (χ1v) is 5.63. The summed E-state index contributed by atoms with van der Waals surface area (Å²) in [7, 11) is 0. The van der Waals surface area contributed by atoms with E-state index in [4.69, 9.17) is 4.84 Å². The topological polar surface area (TPSA) is 21.6 Å². The summed E-state index contributed by atoms with van der Waals surface area (Å²) in [5, 5.41) is 4.01. The van der Waals surface area contributed by atoms with Crippen LogP contribution in [0, 0.1) is 5.92 Å². The van der Waals surface area contributed by atoms with Crippen molar-refractivity contribution in [2.75, 3.05) is 6.61 Å². The van der Waals surface area contributed by atoms with Crippen LogP contribution in [0.5, 0.6) is 0 Å². The number of aryl methyl sites for hydroxylation is 1. The number of nitrogens with zero attached hydrogens (tertiary/aromatic N) is 1. The van der Waals surface area contributed by atoms with Gasteiger partial charge in [0.15, 0.2) is 0 Å². The van der Waals surface area contributed by atoms with Crippen molar-refractivity contribution in [3.8, 4) is 0 Å². The molecule has 1 aromatic rings. The molecular formula is C13H17NO. The van der Waals surface area contributed by atoms with Crippen molar-refractivity contribution >= 4 is 6.21 Å². The fourth-order valence-corrected chi connectivity index (χ4v) is 1.51. The second-order valence-electron chi connectivity index (χ2n) is 4.03. The SMILES string of the molecule is CCc1ccccc1/C=N/OCC1CC1. The van der Waals surface area contributed by atoms with Crippen molar-refractivity contribution in [3.63, 3.8) is 0 Å². The second kappa shape index (κ2) is 4.96. The standard InChI is InChI=1S/C13H17NO/c1-2-12-5-3-4-6-13(12)9-14-15-10-11-7-8-11/h3-6,9,11H,2,7-8,10H2,1H3/b14-9+. The molecule has 1 aliphatic carbocycles. The maximum Gasteiger partial charge on any atom is 0.120 e. The molecule has 0 atom stereocenters. The van der Waals surface area contributed by atoms with Crippen LogP contribution >= 0.6 is 0 Å². The molecule has 0 spiro atoms. The van der Waals surface area contributed by atoms with Gasteiger partial charge in [0.25, 0.3) is 0 Å². The first kappa shape index (κ1) is 10.2. The van der Waals surface area contributed by atoms with Crippen molar-refractivity contribution in [1.29, 1.82) is 0 Å². The summed E-state index contributed by atoms with van der Waals surface area (Å²) in [4.78, 5) is 5.23. The van der Waals surface area contributed by atoms with Gasteiger partial charge in [-0.15, -0.1) is 0 Å². The van der Waals surface area contributed by atoms with E-state index in [2.05, 4.69) is 30.3 Å². The molecule has 15 heavy (non-hydrogen) atoms. The molecule has 1 aromatic carbocycles. The lowest BCUT2D eigenvalue weighted by Gasteiger charge is -2.01. The van der Waals surface area contributed by atoms with Crippen LogP contribution in [-0.4, -0.2) is 12.8 Å². The van der Waals surface area contributed by atoms with Crippen molar-refractivity contribution in [2.24, 2.45) is 11.1 Å². The summed E-state index contributed by atoms with van der Waals surface area (Å²) < 4.78 is 0. The molecule has 0 N–H and O–H groups in total. The fourth-order valence-electron chi connectivity index (χ4n) is 1.51. The van der Waals surface area contributed by atoms with Gasteiger partial charge in [-0.3, -0.25) is 0 Å². The Morgan fingerprint density at radius 1 is 1.40 bits per heavy atom. The van der Waals surface area contributed by atoms with Gasteiger partial charge < -0.3 is 4.84 Å². The molecule has 1 saturated carbocycles. The van der Waals surface area contributed by atoms with Crippen molar-refractivity contribution in [1.82, 2.24) is 0 Å². The number of benzene rings is 1. The van der Waals surface area contributed by atoms with Crippen LogP contribution in [-0.2, 0) is 11.3 Å². The minimum absolute atomic E-state index is 0.767. The average Bonchev–Trinajstić information content (AvgIpc) is 3.09. The molecule has 1 aliphatic rings. The third-order valence-corrected chi connectivity index (χ3v) is 2.71. The van der Waals surface area contributed by atoms with Crippen LogP contribution in [0.4, 0.5) is 0 Å². The molecule has 0 unspecified atom stereocenters. The van der Waals surface area contributed by atoms with E-state index in [0.717, 1.165) is 24.5 Å². The average molecular weight is 203 g/mol. The Kier molecular flexibility index (Phi) is 3.38. The molecule has 0 aromatic heterocycles. The number of rotatable bonds is 5. The zero-order valence-electron chi connectivity index (χ0n) is 9.15. The highest BCUT2D eigenvalue weighted by Crippen LogP contribution is 2.28. The van der Waals surface area contributed by atoms with Crippen LogP contribution in [0.2, 0.25) is 0 Å². The van der Waals surface area contributed by atoms with Crippen LogP contribution in [0.3, 0.4) is 0 Å². The highest BCUT2D eigenvalue weighted by molar-refractivity contribution is 5.81. The number of oxime groups is 1. The summed E-state index contributed by atoms with van der Waals surface area (Å²) in [6, 6.07) is 8.29. The maximum absolute atomic E-state index is 5.23. The molecule has 2 heteroatoms. The lowest BCUT2D eigenvalue weighted by atomic mass is 10.1. The Labute approximate surface area is 90.9 Å². The van der Waals surface area contributed by atoms with Gasteiger partial charge in [-0.05, 0) is 36.3 Å². The van der Waals surface area contributed by atoms with Crippen LogP contribution in [0.15, 0.2) is 29.4 Å². The molecule has 0 bridgehead atoms. The van der Waals surface area contributed by atoms with Gasteiger partial charge in [0, 0.05) is 0 Å². The summed E-state index contributed by atoms with van der Waals surface area (Å²) in [5.74, 6) is 0.767. The van der Waals surface area contributed by atoms with Crippen LogP contribution in [0.25, 0.3) is 0 Å². The molecule has 0 amide bonds.